The fraction of sp³-hybridized carbons (Fsp3) is 0.0526. The molecule has 0 aliphatic carbocycles. The lowest BCUT2D eigenvalue weighted by molar-refractivity contribution is 1.34. The van der Waals surface area contributed by atoms with Gasteiger partial charge in [0.05, 0.1) is 0 Å². The van der Waals surface area contributed by atoms with Gasteiger partial charge in [0.25, 0.3) is 0 Å². The Bertz CT molecular complexity index is 577. The van der Waals surface area contributed by atoms with Crippen molar-refractivity contribution in [2.45, 2.75) is 14.7 Å². The average Bonchev–Trinajstić information content (AvgIpc) is 2.59. The van der Waals surface area contributed by atoms with Gasteiger partial charge in [0.15, 0.2) is 4.90 Å². The Kier molecular flexibility index (Phi) is 6.99. The summed E-state index contributed by atoms with van der Waals surface area (Å²) in [5, 5.41) is 0. The number of rotatable bonds is 3. The van der Waals surface area contributed by atoms with Crippen LogP contribution in [0.4, 0.5) is 0 Å². The quantitative estimate of drug-likeness (QED) is 0.465. The lowest BCUT2D eigenvalue weighted by Gasteiger charge is -2.00. The van der Waals surface area contributed by atoms with E-state index in [1.165, 1.54) is 26.4 Å². The van der Waals surface area contributed by atoms with Crippen molar-refractivity contribution >= 4 is 23.5 Å². The molecule has 0 aliphatic heterocycles. The van der Waals surface area contributed by atoms with Crippen LogP contribution in [-0.2, 0) is 11.8 Å². The van der Waals surface area contributed by atoms with Gasteiger partial charge in [0.1, 0.15) is 6.26 Å². The van der Waals surface area contributed by atoms with E-state index in [4.69, 9.17) is 0 Å². The van der Waals surface area contributed by atoms with Crippen LogP contribution in [0.15, 0.2) is 106 Å². The first-order valence-electron chi connectivity index (χ1n) is 6.81. The van der Waals surface area contributed by atoms with Crippen molar-refractivity contribution in [1.29, 1.82) is 0 Å². The normalized spacial score (nSPS) is 9.57. The van der Waals surface area contributed by atoms with Crippen LogP contribution in [0.1, 0.15) is 0 Å². The summed E-state index contributed by atoms with van der Waals surface area (Å²) < 4.78 is 0. The molecule has 2 heteroatoms. The maximum absolute atomic E-state index is 2.19. The molecule has 0 N–H and O–H groups in total. The van der Waals surface area contributed by atoms with Crippen molar-refractivity contribution < 1.29 is 0 Å². The molecule has 0 bridgehead atoms. The van der Waals surface area contributed by atoms with Crippen LogP contribution in [0.3, 0.4) is 0 Å². The first-order valence-corrected chi connectivity index (χ1v) is 8.97. The van der Waals surface area contributed by atoms with Crippen LogP contribution in [0.2, 0.25) is 0 Å². The highest BCUT2D eigenvalue weighted by molar-refractivity contribution is 7.99. The zero-order chi connectivity index (χ0) is 14.8. The summed E-state index contributed by atoms with van der Waals surface area (Å²) in [6, 6.07) is 31.2. The van der Waals surface area contributed by atoms with Gasteiger partial charge >= 0.3 is 0 Å². The fourth-order valence-corrected chi connectivity index (χ4v) is 2.96. The van der Waals surface area contributed by atoms with Gasteiger partial charge in [-0.2, -0.15) is 0 Å². The highest BCUT2D eigenvalue weighted by atomic mass is 32.2. The molecule has 0 fully saturated rings. The van der Waals surface area contributed by atoms with Crippen molar-refractivity contribution in [1.82, 2.24) is 0 Å². The zero-order valence-corrected chi connectivity index (χ0v) is 13.7. The summed E-state index contributed by atoms with van der Waals surface area (Å²) in [5.74, 6) is 0. The molecule has 0 spiro atoms. The van der Waals surface area contributed by atoms with Gasteiger partial charge in [0, 0.05) is 21.6 Å². The largest absolute Gasteiger partial charge is 0.152 e. The Labute approximate surface area is 135 Å². The Morgan fingerprint density at radius 1 is 0.571 bits per heavy atom. The van der Waals surface area contributed by atoms with Crippen molar-refractivity contribution in [3.05, 3.63) is 91.0 Å². The van der Waals surface area contributed by atoms with E-state index in [1.54, 1.807) is 11.8 Å². The lowest BCUT2D eigenvalue weighted by atomic mass is 10.4. The first-order chi connectivity index (χ1) is 10.4. The van der Waals surface area contributed by atoms with Crippen molar-refractivity contribution in [2.24, 2.45) is 0 Å². The Morgan fingerprint density at radius 2 is 1.00 bits per heavy atom. The second-order valence-corrected chi connectivity index (χ2v) is 6.40. The summed E-state index contributed by atoms with van der Waals surface area (Å²) in [7, 11) is 0. The molecule has 0 radical (unpaired) electrons. The fourth-order valence-electron chi connectivity index (χ4n) is 1.67. The topological polar surface area (TPSA) is 0 Å². The summed E-state index contributed by atoms with van der Waals surface area (Å²) in [6.07, 6.45) is 2.15. The van der Waals surface area contributed by atoms with E-state index in [9.17, 15) is 0 Å². The lowest BCUT2D eigenvalue weighted by Crippen LogP contribution is -1.78. The average molecular weight is 311 g/mol. The molecule has 0 saturated heterocycles. The third-order valence-electron chi connectivity index (χ3n) is 2.74. The standard InChI is InChI=1S/C13H12S2.C6H6/c1-14-11-7-9-13(10-8-11)15-12-5-3-2-4-6-12;1-2-4-6-5-3-1/h2-10H,1H3;1-6H/p+1. The van der Waals surface area contributed by atoms with Crippen molar-refractivity contribution in [3.63, 3.8) is 0 Å². The first kappa shape index (κ1) is 15.7. The van der Waals surface area contributed by atoms with E-state index in [0.29, 0.717) is 0 Å². The number of hydrogen-bond acceptors (Lipinski definition) is 1. The molecule has 0 heterocycles. The molecular formula is C19H19S2+. The molecule has 21 heavy (non-hydrogen) atoms. The maximum atomic E-state index is 2.19. The SMILES string of the molecule is C[SH+]c1ccc(Sc2ccccc2)cc1.c1ccccc1. The van der Waals surface area contributed by atoms with Crippen LogP contribution in [0, 0.1) is 0 Å². The second kappa shape index (κ2) is 9.32. The molecule has 106 valence electrons. The van der Waals surface area contributed by atoms with Crippen molar-refractivity contribution in [2.75, 3.05) is 6.26 Å². The number of hydrogen-bond donors (Lipinski definition) is 0. The van der Waals surface area contributed by atoms with E-state index in [-0.39, 0.29) is 0 Å². The summed E-state index contributed by atoms with van der Waals surface area (Å²) in [4.78, 5) is 3.96. The van der Waals surface area contributed by atoms with Crippen molar-refractivity contribution in [3.8, 4) is 0 Å². The molecule has 0 amide bonds. The monoisotopic (exact) mass is 311 g/mol. The summed E-state index contributed by atoms with van der Waals surface area (Å²) >= 11 is 3.13. The van der Waals surface area contributed by atoms with Gasteiger partial charge in [-0.1, -0.05) is 66.4 Å². The molecule has 0 saturated carbocycles. The van der Waals surface area contributed by atoms with Gasteiger partial charge in [-0.15, -0.1) is 0 Å². The molecule has 3 aromatic rings. The highest BCUT2D eigenvalue weighted by Gasteiger charge is 1.99. The highest BCUT2D eigenvalue weighted by Crippen LogP contribution is 2.27. The molecule has 0 atom stereocenters. The van der Waals surface area contributed by atoms with E-state index >= 15 is 0 Å². The maximum Gasteiger partial charge on any atom is 0.152 e. The Balaban J connectivity index is 0.000000225. The predicted octanol–water partition coefficient (Wildman–Crippen LogP) is 5.33. The minimum Gasteiger partial charge on any atom is -0.0901 e. The zero-order valence-electron chi connectivity index (χ0n) is 12.0. The predicted molar refractivity (Wildman–Crippen MR) is 96.4 cm³/mol. The van der Waals surface area contributed by atoms with E-state index in [0.717, 1.165) is 0 Å². The number of thiol groups is 1. The van der Waals surface area contributed by atoms with Gasteiger partial charge < -0.3 is 0 Å². The third-order valence-corrected chi connectivity index (χ3v) is 4.57. The van der Waals surface area contributed by atoms with Crippen LogP contribution in [-0.4, -0.2) is 6.26 Å². The van der Waals surface area contributed by atoms with Crippen LogP contribution < -0.4 is 0 Å². The Hall–Kier alpha value is -1.64. The molecule has 0 aromatic heterocycles. The van der Waals surface area contributed by atoms with E-state index in [2.05, 4.69) is 54.8 Å². The minimum absolute atomic E-state index is 1.29. The van der Waals surface area contributed by atoms with Gasteiger partial charge in [-0.05, 0) is 36.4 Å². The molecule has 3 aromatic carbocycles. The molecule has 3 rings (SSSR count). The van der Waals surface area contributed by atoms with Gasteiger partial charge in [-0.25, -0.2) is 0 Å². The van der Waals surface area contributed by atoms with E-state index in [1.807, 2.05) is 42.5 Å². The third kappa shape index (κ3) is 6.11. The molecular weight excluding hydrogens is 292 g/mol. The minimum atomic E-state index is 1.29. The second-order valence-electron chi connectivity index (χ2n) is 4.29. The van der Waals surface area contributed by atoms with Gasteiger partial charge in [-0.3, -0.25) is 0 Å². The van der Waals surface area contributed by atoms with Gasteiger partial charge in [0.2, 0.25) is 0 Å². The summed E-state index contributed by atoms with van der Waals surface area (Å²) in [6.45, 7) is 0. The number of benzene rings is 3. The van der Waals surface area contributed by atoms with Crippen LogP contribution in [0.5, 0.6) is 0 Å². The smallest absolute Gasteiger partial charge is 0.0901 e. The Morgan fingerprint density at radius 3 is 1.48 bits per heavy atom. The van der Waals surface area contributed by atoms with Crippen LogP contribution >= 0.6 is 11.8 Å². The summed E-state index contributed by atoms with van der Waals surface area (Å²) in [5.41, 5.74) is 0. The van der Waals surface area contributed by atoms with E-state index < -0.39 is 0 Å². The molecule has 0 nitrogen and oxygen atoms in total. The molecule has 0 unspecified atom stereocenters. The molecule has 0 aliphatic rings. The van der Waals surface area contributed by atoms with Crippen LogP contribution in [0.25, 0.3) is 0 Å².